The van der Waals surface area contributed by atoms with E-state index in [1.807, 2.05) is 24.6 Å². The van der Waals surface area contributed by atoms with E-state index < -0.39 is 5.97 Å². The number of esters is 1. The van der Waals surface area contributed by atoms with E-state index in [9.17, 15) is 9.59 Å². The summed E-state index contributed by atoms with van der Waals surface area (Å²) in [7, 11) is 3.34. The highest BCUT2D eigenvalue weighted by Crippen LogP contribution is 2.20. The predicted molar refractivity (Wildman–Crippen MR) is 76.1 cm³/mol. The SMILES string of the molecule is CC(C)n1cc(Br)cc1C(=O)OCCC(=O)N(C)C. The molecule has 1 rings (SSSR count). The largest absolute Gasteiger partial charge is 0.460 e. The molecule has 0 N–H and O–H groups in total. The molecule has 0 aliphatic heterocycles. The fraction of sp³-hybridized carbons (Fsp3) is 0.538. The van der Waals surface area contributed by atoms with E-state index in [4.69, 9.17) is 4.74 Å². The highest BCUT2D eigenvalue weighted by atomic mass is 79.9. The van der Waals surface area contributed by atoms with Gasteiger partial charge < -0.3 is 14.2 Å². The van der Waals surface area contributed by atoms with Crippen LogP contribution in [0.15, 0.2) is 16.7 Å². The summed E-state index contributed by atoms with van der Waals surface area (Å²) in [5.74, 6) is -0.473. The first-order chi connectivity index (χ1) is 8.82. The summed E-state index contributed by atoms with van der Waals surface area (Å²) in [4.78, 5) is 24.8. The van der Waals surface area contributed by atoms with Crippen LogP contribution in [0.3, 0.4) is 0 Å². The summed E-state index contributed by atoms with van der Waals surface area (Å²) in [6.07, 6.45) is 2.04. The molecule has 0 radical (unpaired) electrons. The van der Waals surface area contributed by atoms with Gasteiger partial charge in [0, 0.05) is 30.8 Å². The summed E-state index contributed by atoms with van der Waals surface area (Å²) >= 11 is 3.34. The van der Waals surface area contributed by atoms with Crippen LogP contribution >= 0.6 is 15.9 Å². The molecule has 19 heavy (non-hydrogen) atoms. The maximum Gasteiger partial charge on any atom is 0.355 e. The zero-order chi connectivity index (χ0) is 14.6. The first kappa shape index (κ1) is 15.8. The zero-order valence-electron chi connectivity index (χ0n) is 11.6. The second-order valence-corrected chi connectivity index (χ2v) is 5.63. The Morgan fingerprint density at radius 1 is 1.42 bits per heavy atom. The molecule has 0 spiro atoms. The molecule has 0 atom stereocenters. The zero-order valence-corrected chi connectivity index (χ0v) is 13.2. The van der Waals surface area contributed by atoms with Crippen LogP contribution in [0.2, 0.25) is 0 Å². The van der Waals surface area contributed by atoms with E-state index in [1.54, 1.807) is 20.2 Å². The van der Waals surface area contributed by atoms with E-state index >= 15 is 0 Å². The Morgan fingerprint density at radius 2 is 2.05 bits per heavy atom. The Kier molecular flexibility index (Phi) is 5.60. The van der Waals surface area contributed by atoms with Gasteiger partial charge in [0.25, 0.3) is 0 Å². The van der Waals surface area contributed by atoms with Gasteiger partial charge in [0.15, 0.2) is 0 Å². The van der Waals surface area contributed by atoms with Crippen molar-refractivity contribution in [3.63, 3.8) is 0 Å². The molecule has 5 nitrogen and oxygen atoms in total. The van der Waals surface area contributed by atoms with Gasteiger partial charge in [-0.1, -0.05) is 0 Å². The lowest BCUT2D eigenvalue weighted by Gasteiger charge is -2.13. The summed E-state index contributed by atoms with van der Waals surface area (Å²) in [5, 5.41) is 0. The first-order valence-corrected chi connectivity index (χ1v) is 6.87. The molecule has 0 aliphatic rings. The molecule has 6 heteroatoms. The van der Waals surface area contributed by atoms with Crippen LogP contribution in [-0.4, -0.2) is 42.0 Å². The number of hydrogen-bond donors (Lipinski definition) is 0. The fourth-order valence-corrected chi connectivity index (χ4v) is 2.00. The van der Waals surface area contributed by atoms with Crippen molar-refractivity contribution < 1.29 is 14.3 Å². The molecule has 1 amide bonds. The fourth-order valence-electron chi connectivity index (χ4n) is 1.56. The summed E-state index contributed by atoms with van der Waals surface area (Å²) in [5.41, 5.74) is 0.485. The number of aromatic nitrogens is 1. The van der Waals surface area contributed by atoms with Crippen molar-refractivity contribution in [3.05, 3.63) is 22.4 Å². The highest BCUT2D eigenvalue weighted by Gasteiger charge is 2.16. The quantitative estimate of drug-likeness (QED) is 0.779. The molecule has 1 heterocycles. The number of nitrogens with zero attached hydrogens (tertiary/aromatic N) is 2. The van der Waals surface area contributed by atoms with E-state index in [0.717, 1.165) is 4.47 Å². The van der Waals surface area contributed by atoms with Crippen LogP contribution in [0.5, 0.6) is 0 Å². The van der Waals surface area contributed by atoms with Crippen molar-refractivity contribution in [2.45, 2.75) is 26.3 Å². The Morgan fingerprint density at radius 3 is 2.58 bits per heavy atom. The number of carbonyl (C=O) groups is 2. The number of hydrogen-bond acceptors (Lipinski definition) is 3. The van der Waals surface area contributed by atoms with Gasteiger partial charge in [-0.25, -0.2) is 4.79 Å². The molecule has 0 fully saturated rings. The van der Waals surface area contributed by atoms with Crippen LogP contribution in [0, 0.1) is 0 Å². The maximum absolute atomic E-state index is 11.9. The highest BCUT2D eigenvalue weighted by molar-refractivity contribution is 9.10. The summed E-state index contributed by atoms with van der Waals surface area (Å²) in [6, 6.07) is 1.88. The third-order valence-electron chi connectivity index (χ3n) is 2.63. The minimum Gasteiger partial charge on any atom is -0.460 e. The molecule has 106 valence electrons. The minimum atomic E-state index is -0.411. The molecule has 0 bridgehead atoms. The van der Waals surface area contributed by atoms with Crippen molar-refractivity contribution in [1.29, 1.82) is 0 Å². The van der Waals surface area contributed by atoms with Gasteiger partial charge in [0.05, 0.1) is 6.42 Å². The average molecular weight is 331 g/mol. The number of ether oxygens (including phenoxy) is 1. The van der Waals surface area contributed by atoms with E-state index in [-0.39, 0.29) is 25.0 Å². The molecular weight excluding hydrogens is 312 g/mol. The summed E-state index contributed by atoms with van der Waals surface area (Å²) < 4.78 is 7.79. The third kappa shape index (κ3) is 4.38. The van der Waals surface area contributed by atoms with Gasteiger partial charge in [0.1, 0.15) is 12.3 Å². The van der Waals surface area contributed by atoms with Gasteiger partial charge in [-0.05, 0) is 35.8 Å². The summed E-state index contributed by atoms with van der Waals surface area (Å²) in [6.45, 7) is 4.06. The van der Waals surface area contributed by atoms with Crippen molar-refractivity contribution in [3.8, 4) is 0 Å². The lowest BCUT2D eigenvalue weighted by molar-refractivity contribution is -0.129. The molecule has 0 aliphatic carbocycles. The van der Waals surface area contributed by atoms with Crippen LogP contribution in [0.25, 0.3) is 0 Å². The average Bonchev–Trinajstić information content (AvgIpc) is 2.71. The van der Waals surface area contributed by atoms with Crippen molar-refractivity contribution in [1.82, 2.24) is 9.47 Å². The number of amides is 1. The van der Waals surface area contributed by atoms with Crippen molar-refractivity contribution >= 4 is 27.8 Å². The van der Waals surface area contributed by atoms with Gasteiger partial charge in [0.2, 0.25) is 5.91 Å². The lowest BCUT2D eigenvalue weighted by Crippen LogP contribution is -2.23. The molecule has 1 aromatic heterocycles. The van der Waals surface area contributed by atoms with Gasteiger partial charge in [-0.15, -0.1) is 0 Å². The van der Waals surface area contributed by atoms with Gasteiger partial charge in [-0.2, -0.15) is 0 Å². The monoisotopic (exact) mass is 330 g/mol. The molecular formula is C13H19BrN2O3. The molecule has 0 saturated heterocycles. The van der Waals surface area contributed by atoms with Crippen LogP contribution in [0.4, 0.5) is 0 Å². The molecule has 0 aromatic carbocycles. The second-order valence-electron chi connectivity index (χ2n) is 4.72. The Balaban J connectivity index is 2.61. The number of carbonyl (C=O) groups excluding carboxylic acids is 2. The van der Waals surface area contributed by atoms with E-state index in [0.29, 0.717) is 5.69 Å². The molecule has 0 saturated carbocycles. The molecule has 0 unspecified atom stereocenters. The predicted octanol–water partition coefficient (Wildman–Crippen LogP) is 2.47. The normalized spacial score (nSPS) is 10.6. The lowest BCUT2D eigenvalue weighted by atomic mass is 10.3. The maximum atomic E-state index is 11.9. The smallest absolute Gasteiger partial charge is 0.355 e. The Bertz CT molecular complexity index is 466. The topological polar surface area (TPSA) is 51.5 Å². The van der Waals surface area contributed by atoms with Gasteiger partial charge >= 0.3 is 5.97 Å². The van der Waals surface area contributed by atoms with Crippen LogP contribution in [0.1, 0.15) is 36.8 Å². The van der Waals surface area contributed by atoms with Crippen LogP contribution in [-0.2, 0) is 9.53 Å². The second kappa shape index (κ2) is 6.75. The Labute approximate surface area is 121 Å². The van der Waals surface area contributed by atoms with Crippen molar-refractivity contribution in [2.75, 3.05) is 20.7 Å². The van der Waals surface area contributed by atoms with Crippen molar-refractivity contribution in [2.24, 2.45) is 0 Å². The minimum absolute atomic E-state index is 0.0618. The molecule has 1 aromatic rings. The van der Waals surface area contributed by atoms with Gasteiger partial charge in [-0.3, -0.25) is 4.79 Å². The van der Waals surface area contributed by atoms with Crippen LogP contribution < -0.4 is 0 Å². The third-order valence-corrected chi connectivity index (χ3v) is 3.06. The standard InChI is InChI=1S/C13H19BrN2O3/c1-9(2)16-8-10(14)7-11(16)13(18)19-6-5-12(17)15(3)4/h7-9H,5-6H2,1-4H3. The first-order valence-electron chi connectivity index (χ1n) is 6.07. The van der Waals surface area contributed by atoms with E-state index in [1.165, 1.54) is 4.90 Å². The number of halogens is 1. The number of rotatable bonds is 5. The Hall–Kier alpha value is -1.30. The van der Waals surface area contributed by atoms with E-state index in [2.05, 4.69) is 15.9 Å².